The number of amides is 1. The average Bonchev–Trinajstić information content (AvgIpc) is 2.49. The monoisotopic (exact) mass is 293 g/mol. The normalized spacial score (nSPS) is 17.8. The molecule has 3 nitrogen and oxygen atoms in total. The Labute approximate surface area is 130 Å². The van der Waals surface area contributed by atoms with Crippen molar-refractivity contribution >= 4 is 17.7 Å². The van der Waals surface area contributed by atoms with Crippen LogP contribution in [0.15, 0.2) is 48.0 Å². The van der Waals surface area contributed by atoms with Crippen LogP contribution in [0.2, 0.25) is 0 Å². The van der Waals surface area contributed by atoms with Gasteiger partial charge in [-0.25, -0.2) is 0 Å². The van der Waals surface area contributed by atoms with Crippen molar-refractivity contribution in [2.75, 3.05) is 5.32 Å². The first-order valence-corrected chi connectivity index (χ1v) is 7.41. The number of phenolic OH excluding ortho intramolecular Hbond substituents is 1. The van der Waals surface area contributed by atoms with E-state index in [1.54, 1.807) is 6.07 Å². The van der Waals surface area contributed by atoms with E-state index < -0.39 is 0 Å². The second-order valence-corrected chi connectivity index (χ2v) is 5.83. The van der Waals surface area contributed by atoms with Crippen LogP contribution in [0.4, 0.5) is 5.69 Å². The van der Waals surface area contributed by atoms with Gasteiger partial charge in [0.1, 0.15) is 5.75 Å². The predicted molar refractivity (Wildman–Crippen MR) is 88.9 cm³/mol. The van der Waals surface area contributed by atoms with Crippen LogP contribution in [0.25, 0.3) is 6.08 Å². The second-order valence-electron chi connectivity index (χ2n) is 5.83. The lowest BCUT2D eigenvalue weighted by molar-refractivity contribution is -0.116. The van der Waals surface area contributed by atoms with Gasteiger partial charge in [-0.15, -0.1) is 0 Å². The van der Waals surface area contributed by atoms with Crippen molar-refractivity contribution in [2.24, 2.45) is 0 Å². The highest BCUT2D eigenvalue weighted by atomic mass is 16.3. The van der Waals surface area contributed by atoms with E-state index in [9.17, 15) is 9.90 Å². The zero-order valence-corrected chi connectivity index (χ0v) is 12.8. The molecule has 0 fully saturated rings. The van der Waals surface area contributed by atoms with Crippen LogP contribution in [0.3, 0.4) is 0 Å². The molecule has 2 aromatic carbocycles. The van der Waals surface area contributed by atoms with E-state index in [-0.39, 0.29) is 17.6 Å². The van der Waals surface area contributed by atoms with E-state index in [4.69, 9.17) is 0 Å². The van der Waals surface area contributed by atoms with Crippen LogP contribution >= 0.6 is 0 Å². The topological polar surface area (TPSA) is 49.3 Å². The van der Waals surface area contributed by atoms with E-state index in [0.29, 0.717) is 12.1 Å². The molecule has 1 heterocycles. The lowest BCUT2D eigenvalue weighted by atomic mass is 9.83. The smallest absolute Gasteiger partial charge is 0.225 e. The predicted octanol–water partition coefficient (Wildman–Crippen LogP) is 4.23. The molecule has 0 bridgehead atoms. The molecular weight excluding hydrogens is 274 g/mol. The van der Waals surface area contributed by atoms with E-state index in [1.807, 2.05) is 31.2 Å². The molecule has 0 aromatic heterocycles. The number of aromatic hydroxyl groups is 1. The quantitative estimate of drug-likeness (QED) is 0.870. The largest absolute Gasteiger partial charge is 0.508 e. The average molecular weight is 293 g/mol. The van der Waals surface area contributed by atoms with Gasteiger partial charge in [-0.1, -0.05) is 42.0 Å². The highest BCUT2D eigenvalue weighted by Gasteiger charge is 2.27. The number of benzene rings is 2. The number of rotatable bonds is 2. The van der Waals surface area contributed by atoms with Crippen LogP contribution in [0, 0.1) is 6.92 Å². The maximum atomic E-state index is 12.0. The number of hydrogen-bond donors (Lipinski definition) is 2. The summed E-state index contributed by atoms with van der Waals surface area (Å²) in [6.07, 6.45) is 2.56. The number of fused-ring (bicyclic) bond motifs is 1. The first kappa shape index (κ1) is 14.4. The summed E-state index contributed by atoms with van der Waals surface area (Å²) in [6.45, 7) is 3.93. The summed E-state index contributed by atoms with van der Waals surface area (Å²) in [5.41, 5.74) is 4.88. The molecule has 2 N–H and O–H groups in total. The molecule has 1 amide bonds. The lowest BCUT2D eigenvalue weighted by Crippen LogP contribution is -2.23. The third-order valence-corrected chi connectivity index (χ3v) is 4.15. The minimum Gasteiger partial charge on any atom is -0.508 e. The highest BCUT2D eigenvalue weighted by molar-refractivity contribution is 5.96. The van der Waals surface area contributed by atoms with Gasteiger partial charge in [0.25, 0.3) is 0 Å². The van der Waals surface area contributed by atoms with Gasteiger partial charge in [0.15, 0.2) is 0 Å². The maximum Gasteiger partial charge on any atom is 0.225 e. The Morgan fingerprint density at radius 2 is 2.00 bits per heavy atom. The molecule has 1 aliphatic rings. The minimum atomic E-state index is -0.0124. The molecular formula is C19H19NO2. The fraction of sp³-hybridized carbons (Fsp3) is 0.211. The zero-order chi connectivity index (χ0) is 15.7. The molecule has 112 valence electrons. The van der Waals surface area contributed by atoms with Gasteiger partial charge in [0.05, 0.1) is 0 Å². The fourth-order valence-corrected chi connectivity index (χ4v) is 2.93. The van der Waals surface area contributed by atoms with Crippen LogP contribution in [0.1, 0.15) is 36.0 Å². The molecule has 1 atom stereocenters. The number of anilines is 1. The van der Waals surface area contributed by atoms with E-state index >= 15 is 0 Å². The van der Waals surface area contributed by atoms with Crippen LogP contribution < -0.4 is 5.32 Å². The Morgan fingerprint density at radius 1 is 1.27 bits per heavy atom. The highest BCUT2D eigenvalue weighted by Crippen LogP contribution is 2.40. The van der Waals surface area contributed by atoms with Gasteiger partial charge in [0, 0.05) is 24.1 Å². The Balaban J connectivity index is 2.03. The molecule has 0 aliphatic carbocycles. The summed E-state index contributed by atoms with van der Waals surface area (Å²) in [5, 5.41) is 12.7. The number of phenols is 1. The first-order chi connectivity index (χ1) is 10.5. The molecule has 3 heteroatoms. The number of carbonyl (C=O) groups is 1. The molecule has 0 spiro atoms. The van der Waals surface area contributed by atoms with Crippen molar-refractivity contribution in [3.63, 3.8) is 0 Å². The number of carbonyl (C=O) groups excluding carboxylic acids is 1. The zero-order valence-electron chi connectivity index (χ0n) is 12.8. The maximum absolute atomic E-state index is 12.0. The molecule has 2 aromatic rings. The Hall–Kier alpha value is -2.55. The Kier molecular flexibility index (Phi) is 3.72. The van der Waals surface area contributed by atoms with Crippen molar-refractivity contribution in [2.45, 2.75) is 26.2 Å². The number of hydrogen-bond acceptors (Lipinski definition) is 2. The Bertz CT molecular complexity index is 748. The molecule has 0 saturated carbocycles. The van der Waals surface area contributed by atoms with Gasteiger partial charge < -0.3 is 10.4 Å². The fourth-order valence-electron chi connectivity index (χ4n) is 2.93. The third-order valence-electron chi connectivity index (χ3n) is 4.15. The molecule has 3 rings (SSSR count). The van der Waals surface area contributed by atoms with Gasteiger partial charge in [-0.2, -0.15) is 0 Å². The summed E-state index contributed by atoms with van der Waals surface area (Å²) in [5.74, 6) is 0.245. The third kappa shape index (κ3) is 2.75. The van der Waals surface area contributed by atoms with Crippen molar-refractivity contribution in [1.82, 2.24) is 0 Å². The summed E-state index contributed by atoms with van der Waals surface area (Å²) >= 11 is 0. The summed E-state index contributed by atoms with van der Waals surface area (Å²) in [6, 6.07) is 13.7. The minimum absolute atomic E-state index is 0.0124. The van der Waals surface area contributed by atoms with Gasteiger partial charge in [0.2, 0.25) is 5.91 Å². The summed E-state index contributed by atoms with van der Waals surface area (Å²) < 4.78 is 0. The van der Waals surface area contributed by atoms with E-state index in [0.717, 1.165) is 22.3 Å². The van der Waals surface area contributed by atoms with Crippen LogP contribution in [0.5, 0.6) is 5.75 Å². The van der Waals surface area contributed by atoms with Gasteiger partial charge >= 0.3 is 0 Å². The summed E-state index contributed by atoms with van der Waals surface area (Å²) in [4.78, 5) is 12.0. The van der Waals surface area contributed by atoms with Gasteiger partial charge in [-0.3, -0.25) is 4.79 Å². The van der Waals surface area contributed by atoms with Crippen molar-refractivity contribution in [3.05, 3.63) is 64.7 Å². The van der Waals surface area contributed by atoms with Crippen LogP contribution in [-0.4, -0.2) is 11.0 Å². The van der Waals surface area contributed by atoms with Crippen LogP contribution in [-0.2, 0) is 4.79 Å². The SMILES string of the molecule is C/C(=C\c1ccccc1)[C@@H]1CC(=O)Nc2cc(O)c(C)cc21. The number of allylic oxidation sites excluding steroid dienone is 1. The molecule has 0 unspecified atom stereocenters. The summed E-state index contributed by atoms with van der Waals surface area (Å²) in [7, 11) is 0. The number of nitrogens with one attached hydrogen (secondary N) is 1. The Morgan fingerprint density at radius 3 is 2.73 bits per heavy atom. The number of aryl methyl sites for hydroxylation is 1. The van der Waals surface area contributed by atoms with E-state index in [2.05, 4.69) is 30.4 Å². The first-order valence-electron chi connectivity index (χ1n) is 7.41. The molecule has 22 heavy (non-hydrogen) atoms. The lowest BCUT2D eigenvalue weighted by Gasteiger charge is -2.27. The standard InChI is InChI=1S/C19H19NO2/c1-12(8-14-6-4-3-5-7-14)15-10-19(22)20-17-11-18(21)13(2)9-16(15)17/h3-9,11,15,21H,10H2,1-2H3,(H,20,22)/b12-8+/t15-/m0/s1. The van der Waals surface area contributed by atoms with Crippen molar-refractivity contribution < 1.29 is 9.90 Å². The second kappa shape index (κ2) is 5.68. The van der Waals surface area contributed by atoms with Crippen molar-refractivity contribution in [3.8, 4) is 5.75 Å². The van der Waals surface area contributed by atoms with Crippen molar-refractivity contribution in [1.29, 1.82) is 0 Å². The van der Waals surface area contributed by atoms with E-state index in [1.165, 1.54) is 0 Å². The van der Waals surface area contributed by atoms with Gasteiger partial charge in [-0.05, 0) is 36.6 Å². The molecule has 1 aliphatic heterocycles. The molecule has 0 saturated heterocycles. The molecule has 0 radical (unpaired) electrons.